The average molecular weight is 451 g/mol. The Kier molecular flexibility index (Phi) is 5.96. The van der Waals surface area contributed by atoms with Crippen molar-refractivity contribution in [1.82, 2.24) is 4.90 Å². The number of methoxy groups -OCH3 is 1. The minimum absolute atomic E-state index is 0.0616. The lowest BCUT2D eigenvalue weighted by Gasteiger charge is -2.15. The molecule has 0 N–H and O–H groups in total. The van der Waals surface area contributed by atoms with Gasteiger partial charge in [0, 0.05) is 5.56 Å². The number of rotatable bonds is 5. The molecule has 1 aliphatic heterocycles. The number of hydrogen-bond acceptors (Lipinski definition) is 4. The Hall–Kier alpha value is -3.83. The second-order valence-electron chi connectivity index (χ2n) is 7.62. The fourth-order valence-electron chi connectivity index (χ4n) is 3.84. The van der Waals surface area contributed by atoms with Crippen molar-refractivity contribution in [1.29, 1.82) is 0 Å². The minimum Gasteiger partial charge on any atom is -0.496 e. The Morgan fingerprint density at radius 3 is 2.33 bits per heavy atom. The average Bonchev–Trinajstić information content (AvgIpc) is 3.14. The van der Waals surface area contributed by atoms with E-state index in [0.29, 0.717) is 16.6 Å². The third-order valence-corrected chi connectivity index (χ3v) is 6.49. The number of benzene rings is 4. The fourth-order valence-corrected chi connectivity index (χ4v) is 4.82. The molecule has 1 aliphatic rings. The first-order valence-electron chi connectivity index (χ1n) is 10.7. The second kappa shape index (κ2) is 9.35. The van der Waals surface area contributed by atoms with Crippen LogP contribution >= 0.6 is 11.8 Å². The fraction of sp³-hybridized carbons (Fsp3) is 0.0714. The van der Waals surface area contributed by atoms with Gasteiger partial charge >= 0.3 is 0 Å². The van der Waals surface area contributed by atoms with E-state index >= 15 is 0 Å². The highest BCUT2D eigenvalue weighted by atomic mass is 32.2. The van der Waals surface area contributed by atoms with Gasteiger partial charge in [-0.25, -0.2) is 4.99 Å². The van der Waals surface area contributed by atoms with Crippen molar-refractivity contribution < 1.29 is 9.53 Å². The van der Waals surface area contributed by atoms with Gasteiger partial charge in [0.05, 0.1) is 24.2 Å². The molecular formula is C28H22N2O2S. The molecule has 1 saturated heterocycles. The summed E-state index contributed by atoms with van der Waals surface area (Å²) in [6.07, 6.45) is 1.93. The van der Waals surface area contributed by atoms with Gasteiger partial charge in [-0.3, -0.25) is 9.69 Å². The van der Waals surface area contributed by atoms with Gasteiger partial charge in [-0.1, -0.05) is 78.9 Å². The smallest absolute Gasteiger partial charge is 0.267 e. The molecule has 0 radical (unpaired) electrons. The van der Waals surface area contributed by atoms with E-state index in [9.17, 15) is 4.79 Å². The first-order chi connectivity index (χ1) is 16.2. The quantitative estimate of drug-likeness (QED) is 0.320. The lowest BCUT2D eigenvalue weighted by Crippen LogP contribution is -2.28. The first kappa shape index (κ1) is 21.0. The van der Waals surface area contributed by atoms with Crippen LogP contribution in [0.1, 0.15) is 11.1 Å². The van der Waals surface area contributed by atoms with Crippen LogP contribution in [0.2, 0.25) is 0 Å². The number of hydrogen-bond donors (Lipinski definition) is 0. The number of carbonyl (C=O) groups is 1. The van der Waals surface area contributed by atoms with E-state index in [1.165, 1.54) is 11.8 Å². The summed E-state index contributed by atoms with van der Waals surface area (Å²) < 4.78 is 5.63. The maximum Gasteiger partial charge on any atom is 0.267 e. The van der Waals surface area contributed by atoms with Gasteiger partial charge in [0.2, 0.25) is 0 Å². The number of thioether (sulfide) groups is 1. The molecule has 5 heteroatoms. The molecule has 1 amide bonds. The molecule has 0 bridgehead atoms. The van der Waals surface area contributed by atoms with Crippen molar-refractivity contribution in [2.45, 2.75) is 6.54 Å². The molecule has 0 spiro atoms. The molecule has 33 heavy (non-hydrogen) atoms. The molecule has 0 aromatic heterocycles. The monoisotopic (exact) mass is 450 g/mol. The SMILES string of the molecule is COc1ccc2ccccc2c1/C=C1/SC(=Nc2ccccc2)N(Cc2ccccc2)C1=O. The topological polar surface area (TPSA) is 41.9 Å². The number of amides is 1. The van der Waals surface area contributed by atoms with Crippen LogP contribution in [0.4, 0.5) is 5.69 Å². The second-order valence-corrected chi connectivity index (χ2v) is 8.63. The van der Waals surface area contributed by atoms with E-state index in [-0.39, 0.29) is 5.91 Å². The zero-order chi connectivity index (χ0) is 22.6. The van der Waals surface area contributed by atoms with Crippen molar-refractivity contribution in [3.63, 3.8) is 0 Å². The van der Waals surface area contributed by atoms with Gasteiger partial charge in [0.1, 0.15) is 5.75 Å². The highest BCUT2D eigenvalue weighted by Crippen LogP contribution is 2.38. The summed E-state index contributed by atoms with van der Waals surface area (Å²) in [5, 5.41) is 2.81. The number of amidine groups is 1. The van der Waals surface area contributed by atoms with Crippen molar-refractivity contribution in [3.8, 4) is 5.75 Å². The Balaban J connectivity index is 1.59. The maximum atomic E-state index is 13.6. The highest BCUT2D eigenvalue weighted by molar-refractivity contribution is 8.18. The molecule has 1 heterocycles. The van der Waals surface area contributed by atoms with Crippen LogP contribution in [0, 0.1) is 0 Å². The number of nitrogens with zero attached hydrogens (tertiary/aromatic N) is 2. The predicted molar refractivity (Wildman–Crippen MR) is 137 cm³/mol. The number of para-hydroxylation sites is 1. The lowest BCUT2D eigenvalue weighted by molar-refractivity contribution is -0.122. The van der Waals surface area contributed by atoms with Gasteiger partial charge in [0.25, 0.3) is 5.91 Å². The predicted octanol–water partition coefficient (Wildman–Crippen LogP) is 6.65. The molecule has 0 saturated carbocycles. The summed E-state index contributed by atoms with van der Waals surface area (Å²) in [6, 6.07) is 31.8. The Labute approximate surface area is 197 Å². The van der Waals surface area contributed by atoms with Gasteiger partial charge < -0.3 is 4.74 Å². The summed E-state index contributed by atoms with van der Waals surface area (Å²) >= 11 is 1.40. The van der Waals surface area contributed by atoms with E-state index in [0.717, 1.165) is 33.3 Å². The van der Waals surface area contributed by atoms with Gasteiger partial charge in [0.15, 0.2) is 5.17 Å². The lowest BCUT2D eigenvalue weighted by atomic mass is 10.0. The molecule has 5 rings (SSSR count). The van der Waals surface area contributed by atoms with E-state index in [1.807, 2.05) is 91.0 Å². The van der Waals surface area contributed by atoms with Crippen LogP contribution in [-0.4, -0.2) is 23.1 Å². The van der Waals surface area contributed by atoms with Gasteiger partial charge in [-0.2, -0.15) is 0 Å². The van der Waals surface area contributed by atoms with E-state index < -0.39 is 0 Å². The van der Waals surface area contributed by atoms with Crippen LogP contribution in [0.3, 0.4) is 0 Å². The molecule has 4 aromatic carbocycles. The minimum atomic E-state index is -0.0616. The maximum absolute atomic E-state index is 13.6. The zero-order valence-corrected chi connectivity index (χ0v) is 19.0. The third kappa shape index (κ3) is 4.41. The van der Waals surface area contributed by atoms with E-state index in [4.69, 9.17) is 9.73 Å². The summed E-state index contributed by atoms with van der Waals surface area (Å²) in [7, 11) is 1.65. The van der Waals surface area contributed by atoms with Crippen LogP contribution in [0.15, 0.2) is 107 Å². The Morgan fingerprint density at radius 2 is 1.58 bits per heavy atom. The van der Waals surface area contributed by atoms with Crippen molar-refractivity contribution in [2.75, 3.05) is 7.11 Å². The van der Waals surface area contributed by atoms with Crippen LogP contribution < -0.4 is 4.74 Å². The summed E-state index contributed by atoms with van der Waals surface area (Å²) in [5.74, 6) is 0.672. The van der Waals surface area contributed by atoms with Crippen LogP contribution in [-0.2, 0) is 11.3 Å². The van der Waals surface area contributed by atoms with Gasteiger partial charge in [-0.15, -0.1) is 0 Å². The summed E-state index contributed by atoms with van der Waals surface area (Å²) in [6.45, 7) is 0.461. The molecule has 0 aliphatic carbocycles. The standard InChI is InChI=1S/C28H22N2O2S/c1-32-25-17-16-21-12-8-9-15-23(21)24(25)18-26-27(31)30(19-20-10-4-2-5-11-20)28(33-26)29-22-13-6-3-7-14-22/h2-18H,19H2,1H3/b26-18+,29-28?. The molecule has 0 atom stereocenters. The number of aliphatic imine (C=N–C) groups is 1. The zero-order valence-electron chi connectivity index (χ0n) is 18.1. The van der Waals surface area contributed by atoms with Gasteiger partial charge in [-0.05, 0) is 52.4 Å². The van der Waals surface area contributed by atoms with Crippen molar-refractivity contribution >= 4 is 45.4 Å². The summed E-state index contributed by atoms with van der Waals surface area (Å²) in [4.78, 5) is 20.7. The number of ether oxygens (including phenoxy) is 1. The largest absolute Gasteiger partial charge is 0.496 e. The van der Waals surface area contributed by atoms with Crippen molar-refractivity contribution in [2.24, 2.45) is 4.99 Å². The van der Waals surface area contributed by atoms with E-state index in [1.54, 1.807) is 12.0 Å². The van der Waals surface area contributed by atoms with Crippen molar-refractivity contribution in [3.05, 3.63) is 113 Å². The summed E-state index contributed by atoms with van der Waals surface area (Å²) in [5.41, 5.74) is 2.76. The highest BCUT2D eigenvalue weighted by Gasteiger charge is 2.34. The number of fused-ring (bicyclic) bond motifs is 1. The molecule has 1 fully saturated rings. The third-order valence-electron chi connectivity index (χ3n) is 5.48. The molecule has 4 aromatic rings. The number of carbonyl (C=O) groups excluding carboxylic acids is 1. The van der Waals surface area contributed by atoms with Crippen LogP contribution in [0.5, 0.6) is 5.75 Å². The van der Waals surface area contributed by atoms with E-state index in [2.05, 4.69) is 12.1 Å². The molecular weight excluding hydrogens is 428 g/mol. The molecule has 0 unspecified atom stereocenters. The Bertz CT molecular complexity index is 1360. The molecule has 162 valence electrons. The first-order valence-corrected chi connectivity index (χ1v) is 11.5. The molecule has 4 nitrogen and oxygen atoms in total. The normalized spacial score (nSPS) is 16.2. The Morgan fingerprint density at radius 1 is 0.879 bits per heavy atom. The van der Waals surface area contributed by atoms with Crippen LogP contribution in [0.25, 0.3) is 16.8 Å².